The smallest absolute Gasteiger partial charge is 0.248 e. The third-order valence-corrected chi connectivity index (χ3v) is 2.15. The third kappa shape index (κ3) is 3.05. The highest BCUT2D eigenvalue weighted by Gasteiger charge is 2.44. The molecule has 0 atom stereocenters. The number of hydrogen-bond donors (Lipinski definition) is 0. The van der Waals surface area contributed by atoms with Gasteiger partial charge in [-0.15, -0.1) is 0 Å². The summed E-state index contributed by atoms with van der Waals surface area (Å²) in [7, 11) is 0. The average Bonchev–Trinajstić information content (AvgIpc) is 1.82. The minimum absolute atomic E-state index is 0.0639. The zero-order chi connectivity index (χ0) is 9.19. The molecule has 1 nitrogen and oxygen atoms in total. The van der Waals surface area contributed by atoms with Gasteiger partial charge in [-0.25, -0.2) is 8.78 Å². The van der Waals surface area contributed by atoms with Crippen LogP contribution in [0.4, 0.5) is 8.78 Å². The molecule has 1 aliphatic carbocycles. The molecule has 0 spiro atoms. The van der Waals surface area contributed by atoms with Gasteiger partial charge in [0.15, 0.2) is 0 Å². The third-order valence-electron chi connectivity index (χ3n) is 2.15. The van der Waals surface area contributed by atoms with Crippen LogP contribution in [0.3, 0.4) is 0 Å². The van der Waals surface area contributed by atoms with Crippen molar-refractivity contribution in [1.82, 2.24) is 0 Å². The predicted octanol–water partition coefficient (Wildman–Crippen LogP) is 2.85. The van der Waals surface area contributed by atoms with Gasteiger partial charge in [0.25, 0.3) is 0 Å². The molecule has 0 N–H and O–H groups in total. The van der Waals surface area contributed by atoms with Gasteiger partial charge in [-0.1, -0.05) is 0 Å². The second kappa shape index (κ2) is 3.69. The minimum Gasteiger partial charge on any atom is -0.379 e. The molecule has 3 heteroatoms. The van der Waals surface area contributed by atoms with Gasteiger partial charge in [0.05, 0.1) is 6.10 Å². The molecular weight excluding hydrogens is 162 g/mol. The number of ether oxygens (including phenoxy) is 1. The van der Waals surface area contributed by atoms with Crippen molar-refractivity contribution >= 4 is 0 Å². The molecule has 0 bridgehead atoms. The van der Waals surface area contributed by atoms with Crippen molar-refractivity contribution in [1.29, 1.82) is 0 Å². The summed E-state index contributed by atoms with van der Waals surface area (Å²) in [5, 5.41) is 0. The lowest BCUT2D eigenvalue weighted by Crippen LogP contribution is -2.36. The molecule has 0 aromatic carbocycles. The summed E-state index contributed by atoms with van der Waals surface area (Å²) in [6, 6.07) is 0. The molecule has 0 saturated heterocycles. The molecule has 0 aromatic heterocycles. The van der Waals surface area contributed by atoms with E-state index in [4.69, 9.17) is 4.74 Å². The highest BCUT2D eigenvalue weighted by atomic mass is 19.3. The van der Waals surface area contributed by atoms with E-state index >= 15 is 0 Å². The second-order valence-corrected chi connectivity index (χ2v) is 3.84. The number of alkyl halides is 2. The van der Waals surface area contributed by atoms with Gasteiger partial charge >= 0.3 is 0 Å². The van der Waals surface area contributed by atoms with Crippen molar-refractivity contribution in [3.8, 4) is 0 Å². The minimum atomic E-state index is -2.37. The Kier molecular flexibility index (Phi) is 3.04. The SMILES string of the molecule is CC(C)OCCC1CC(F)(F)C1. The summed E-state index contributed by atoms with van der Waals surface area (Å²) in [5.74, 6) is -2.18. The summed E-state index contributed by atoms with van der Waals surface area (Å²) in [6.07, 6.45) is 1.13. The van der Waals surface area contributed by atoms with Crippen LogP contribution in [0.5, 0.6) is 0 Å². The van der Waals surface area contributed by atoms with Gasteiger partial charge < -0.3 is 4.74 Å². The van der Waals surface area contributed by atoms with Crippen molar-refractivity contribution in [2.24, 2.45) is 5.92 Å². The summed E-state index contributed by atoms with van der Waals surface area (Å²) in [5.41, 5.74) is 0. The average molecular weight is 178 g/mol. The van der Waals surface area contributed by atoms with Crippen molar-refractivity contribution in [3.63, 3.8) is 0 Å². The van der Waals surface area contributed by atoms with E-state index in [-0.39, 0.29) is 24.9 Å². The van der Waals surface area contributed by atoms with Crippen LogP contribution in [0.1, 0.15) is 33.1 Å². The highest BCUT2D eigenvalue weighted by Crippen LogP contribution is 2.43. The van der Waals surface area contributed by atoms with E-state index in [0.717, 1.165) is 6.42 Å². The molecule has 0 unspecified atom stereocenters. The maximum atomic E-state index is 12.3. The fourth-order valence-corrected chi connectivity index (χ4v) is 1.46. The van der Waals surface area contributed by atoms with Crippen molar-refractivity contribution in [3.05, 3.63) is 0 Å². The fraction of sp³-hybridized carbons (Fsp3) is 1.00. The van der Waals surface area contributed by atoms with E-state index < -0.39 is 5.92 Å². The second-order valence-electron chi connectivity index (χ2n) is 3.84. The van der Waals surface area contributed by atoms with E-state index in [1.54, 1.807) is 0 Å². The Hall–Kier alpha value is -0.180. The lowest BCUT2D eigenvalue weighted by Gasteiger charge is -2.34. The highest BCUT2D eigenvalue weighted by molar-refractivity contribution is 4.85. The van der Waals surface area contributed by atoms with Crippen LogP contribution in [0.2, 0.25) is 0 Å². The van der Waals surface area contributed by atoms with Gasteiger partial charge in [0.2, 0.25) is 5.92 Å². The zero-order valence-corrected chi connectivity index (χ0v) is 7.65. The Morgan fingerprint density at radius 3 is 2.42 bits per heavy atom. The van der Waals surface area contributed by atoms with Gasteiger partial charge in [-0.3, -0.25) is 0 Å². The standard InChI is InChI=1S/C9H16F2O/c1-7(2)12-4-3-8-5-9(10,11)6-8/h7-8H,3-6H2,1-2H3. The molecule has 0 aliphatic heterocycles. The monoisotopic (exact) mass is 178 g/mol. The molecule has 1 aliphatic rings. The Balaban J connectivity index is 1.97. The van der Waals surface area contributed by atoms with Crippen LogP contribution < -0.4 is 0 Å². The van der Waals surface area contributed by atoms with Crippen molar-refractivity contribution in [2.45, 2.75) is 45.1 Å². The number of rotatable bonds is 4. The molecule has 0 radical (unpaired) electrons. The van der Waals surface area contributed by atoms with Gasteiger partial charge in [0.1, 0.15) is 0 Å². The maximum Gasteiger partial charge on any atom is 0.248 e. The van der Waals surface area contributed by atoms with Crippen molar-refractivity contribution in [2.75, 3.05) is 6.61 Å². The summed E-state index contributed by atoms with van der Waals surface area (Å²) in [4.78, 5) is 0. The van der Waals surface area contributed by atoms with E-state index in [9.17, 15) is 8.78 Å². The molecule has 1 saturated carbocycles. The lowest BCUT2D eigenvalue weighted by molar-refractivity contribution is -0.117. The van der Waals surface area contributed by atoms with E-state index in [2.05, 4.69) is 0 Å². The molecule has 0 amide bonds. The van der Waals surface area contributed by atoms with Crippen LogP contribution in [0.25, 0.3) is 0 Å². The fourth-order valence-electron chi connectivity index (χ4n) is 1.46. The molecule has 0 heterocycles. The Morgan fingerprint density at radius 2 is 2.00 bits per heavy atom. The number of halogens is 2. The van der Waals surface area contributed by atoms with Gasteiger partial charge in [-0.2, -0.15) is 0 Å². The largest absolute Gasteiger partial charge is 0.379 e. The van der Waals surface area contributed by atoms with Gasteiger partial charge in [0, 0.05) is 19.4 Å². The Labute approximate surface area is 72.1 Å². The first-order chi connectivity index (χ1) is 5.49. The lowest BCUT2D eigenvalue weighted by atomic mass is 9.79. The Bertz CT molecular complexity index is 137. The van der Waals surface area contributed by atoms with Crippen LogP contribution in [-0.4, -0.2) is 18.6 Å². The molecular formula is C9H16F2O. The van der Waals surface area contributed by atoms with Crippen LogP contribution in [0, 0.1) is 5.92 Å². The Morgan fingerprint density at radius 1 is 1.42 bits per heavy atom. The predicted molar refractivity (Wildman–Crippen MR) is 43.4 cm³/mol. The van der Waals surface area contributed by atoms with E-state index in [0.29, 0.717) is 6.61 Å². The summed E-state index contributed by atoms with van der Waals surface area (Å²) >= 11 is 0. The summed E-state index contributed by atoms with van der Waals surface area (Å²) < 4.78 is 29.9. The van der Waals surface area contributed by atoms with E-state index in [1.807, 2.05) is 13.8 Å². The molecule has 1 rings (SSSR count). The molecule has 72 valence electrons. The maximum absolute atomic E-state index is 12.3. The van der Waals surface area contributed by atoms with Gasteiger partial charge in [-0.05, 0) is 26.2 Å². The van der Waals surface area contributed by atoms with Crippen LogP contribution in [0.15, 0.2) is 0 Å². The first kappa shape index (κ1) is 9.90. The van der Waals surface area contributed by atoms with Crippen LogP contribution in [-0.2, 0) is 4.74 Å². The first-order valence-corrected chi connectivity index (χ1v) is 4.49. The first-order valence-electron chi connectivity index (χ1n) is 4.49. The topological polar surface area (TPSA) is 9.23 Å². The molecule has 12 heavy (non-hydrogen) atoms. The van der Waals surface area contributed by atoms with Crippen molar-refractivity contribution < 1.29 is 13.5 Å². The molecule has 0 aromatic rings. The van der Waals surface area contributed by atoms with Crippen LogP contribution >= 0.6 is 0 Å². The summed E-state index contributed by atoms with van der Waals surface area (Å²) in [6.45, 7) is 4.53. The van der Waals surface area contributed by atoms with E-state index in [1.165, 1.54) is 0 Å². The zero-order valence-electron chi connectivity index (χ0n) is 7.65. The number of hydrogen-bond acceptors (Lipinski definition) is 1. The normalized spacial score (nSPS) is 22.8. The molecule has 1 fully saturated rings. The quantitative estimate of drug-likeness (QED) is 0.643.